The van der Waals surface area contributed by atoms with Gasteiger partial charge in [0.25, 0.3) is 0 Å². The molecule has 0 bridgehead atoms. The SMILES string of the molecule is Cc1cccnc1NC(c1ccccc1)c1ccc(F)cc1. The monoisotopic (exact) mass is 292 g/mol. The Morgan fingerprint density at radius 3 is 2.23 bits per heavy atom. The fourth-order valence-electron chi connectivity index (χ4n) is 2.43. The second kappa shape index (κ2) is 6.39. The molecule has 0 aliphatic rings. The number of hydrogen-bond acceptors (Lipinski definition) is 2. The highest BCUT2D eigenvalue weighted by Gasteiger charge is 2.15. The van der Waals surface area contributed by atoms with Gasteiger partial charge >= 0.3 is 0 Å². The molecule has 0 amide bonds. The molecule has 0 saturated heterocycles. The Bertz CT molecular complexity index is 739. The summed E-state index contributed by atoms with van der Waals surface area (Å²) in [6.45, 7) is 2.02. The predicted octanol–water partition coefficient (Wildman–Crippen LogP) is 4.73. The van der Waals surface area contributed by atoms with E-state index in [0.717, 1.165) is 22.5 Å². The van der Waals surface area contributed by atoms with Gasteiger partial charge in [-0.15, -0.1) is 0 Å². The van der Waals surface area contributed by atoms with Crippen molar-refractivity contribution in [2.75, 3.05) is 5.32 Å². The first-order chi connectivity index (χ1) is 10.7. The van der Waals surface area contributed by atoms with Crippen LogP contribution >= 0.6 is 0 Å². The Morgan fingerprint density at radius 1 is 0.864 bits per heavy atom. The molecule has 3 heteroatoms. The van der Waals surface area contributed by atoms with Crippen molar-refractivity contribution in [2.45, 2.75) is 13.0 Å². The molecule has 1 heterocycles. The Hall–Kier alpha value is -2.68. The topological polar surface area (TPSA) is 24.9 Å². The van der Waals surface area contributed by atoms with Gasteiger partial charge in [0.05, 0.1) is 6.04 Å². The highest BCUT2D eigenvalue weighted by atomic mass is 19.1. The highest BCUT2D eigenvalue weighted by Crippen LogP contribution is 2.27. The summed E-state index contributed by atoms with van der Waals surface area (Å²) in [6, 6.07) is 20.5. The van der Waals surface area contributed by atoms with E-state index in [-0.39, 0.29) is 11.9 Å². The fourth-order valence-corrected chi connectivity index (χ4v) is 2.43. The molecular formula is C19H17FN2. The Balaban J connectivity index is 2.00. The zero-order valence-electron chi connectivity index (χ0n) is 12.3. The Kier molecular flexibility index (Phi) is 4.15. The molecule has 1 N–H and O–H groups in total. The lowest BCUT2D eigenvalue weighted by Crippen LogP contribution is -2.14. The van der Waals surface area contributed by atoms with Gasteiger partial charge in [-0.3, -0.25) is 0 Å². The molecule has 2 aromatic carbocycles. The number of aryl methyl sites for hydroxylation is 1. The summed E-state index contributed by atoms with van der Waals surface area (Å²) in [4.78, 5) is 4.40. The number of aromatic nitrogens is 1. The number of benzene rings is 2. The lowest BCUT2D eigenvalue weighted by atomic mass is 9.98. The van der Waals surface area contributed by atoms with Gasteiger partial charge in [0.1, 0.15) is 11.6 Å². The second-order valence-corrected chi connectivity index (χ2v) is 5.21. The van der Waals surface area contributed by atoms with Crippen LogP contribution in [0, 0.1) is 12.7 Å². The summed E-state index contributed by atoms with van der Waals surface area (Å²) < 4.78 is 13.2. The second-order valence-electron chi connectivity index (χ2n) is 5.21. The average Bonchev–Trinajstić information content (AvgIpc) is 2.56. The first-order valence-corrected chi connectivity index (χ1v) is 7.22. The van der Waals surface area contributed by atoms with Crippen LogP contribution in [0.25, 0.3) is 0 Å². The molecule has 1 atom stereocenters. The number of halogens is 1. The maximum Gasteiger partial charge on any atom is 0.129 e. The van der Waals surface area contributed by atoms with Crippen LogP contribution in [-0.2, 0) is 0 Å². The van der Waals surface area contributed by atoms with Crippen LogP contribution in [-0.4, -0.2) is 4.98 Å². The minimum atomic E-state index is -0.232. The van der Waals surface area contributed by atoms with Crippen molar-refractivity contribution in [2.24, 2.45) is 0 Å². The molecule has 3 rings (SSSR count). The van der Waals surface area contributed by atoms with Crippen LogP contribution in [0.5, 0.6) is 0 Å². The summed E-state index contributed by atoms with van der Waals surface area (Å²) in [5.41, 5.74) is 3.18. The molecule has 0 spiro atoms. The van der Waals surface area contributed by atoms with E-state index in [2.05, 4.69) is 22.4 Å². The van der Waals surface area contributed by atoms with E-state index in [1.165, 1.54) is 12.1 Å². The molecule has 3 aromatic rings. The number of rotatable bonds is 4. The molecule has 0 radical (unpaired) electrons. The van der Waals surface area contributed by atoms with Gasteiger partial charge in [-0.25, -0.2) is 9.37 Å². The summed E-state index contributed by atoms with van der Waals surface area (Å²) in [5.74, 6) is 0.602. The third-order valence-corrected chi connectivity index (χ3v) is 3.63. The van der Waals surface area contributed by atoms with Crippen LogP contribution in [0.1, 0.15) is 22.7 Å². The number of pyridine rings is 1. The van der Waals surface area contributed by atoms with E-state index < -0.39 is 0 Å². The third-order valence-electron chi connectivity index (χ3n) is 3.63. The van der Waals surface area contributed by atoms with Crippen molar-refractivity contribution in [3.8, 4) is 0 Å². The summed E-state index contributed by atoms with van der Waals surface area (Å²) in [7, 11) is 0. The van der Waals surface area contributed by atoms with Gasteiger partial charge < -0.3 is 5.32 Å². The molecule has 1 unspecified atom stereocenters. The zero-order valence-corrected chi connectivity index (χ0v) is 12.3. The van der Waals surface area contributed by atoms with Crippen LogP contribution in [0.4, 0.5) is 10.2 Å². The van der Waals surface area contributed by atoms with E-state index in [1.54, 1.807) is 18.3 Å². The molecule has 0 aliphatic carbocycles. The lowest BCUT2D eigenvalue weighted by Gasteiger charge is -2.21. The van der Waals surface area contributed by atoms with Gasteiger partial charge in [-0.1, -0.05) is 48.5 Å². The van der Waals surface area contributed by atoms with Gasteiger partial charge in [-0.2, -0.15) is 0 Å². The van der Waals surface area contributed by atoms with Crippen molar-refractivity contribution in [1.82, 2.24) is 4.98 Å². The zero-order chi connectivity index (χ0) is 15.4. The van der Waals surface area contributed by atoms with Gasteiger partial charge in [0.2, 0.25) is 0 Å². The first-order valence-electron chi connectivity index (χ1n) is 7.22. The maximum atomic E-state index is 13.2. The minimum absolute atomic E-state index is 0.0737. The quantitative estimate of drug-likeness (QED) is 0.752. The first kappa shape index (κ1) is 14.3. The Labute approximate surface area is 129 Å². The van der Waals surface area contributed by atoms with Crippen LogP contribution in [0.15, 0.2) is 72.9 Å². The fraction of sp³-hybridized carbons (Fsp3) is 0.105. The summed E-state index contributed by atoms with van der Waals surface area (Å²) in [6.07, 6.45) is 1.77. The van der Waals surface area contributed by atoms with Crippen LogP contribution in [0.2, 0.25) is 0 Å². The van der Waals surface area contributed by atoms with E-state index >= 15 is 0 Å². The minimum Gasteiger partial charge on any atom is -0.359 e. The lowest BCUT2D eigenvalue weighted by molar-refractivity contribution is 0.626. The molecule has 22 heavy (non-hydrogen) atoms. The van der Waals surface area contributed by atoms with Crippen molar-refractivity contribution >= 4 is 5.82 Å². The van der Waals surface area contributed by atoms with Crippen molar-refractivity contribution in [3.05, 3.63) is 95.4 Å². The number of nitrogens with zero attached hydrogens (tertiary/aromatic N) is 1. The highest BCUT2D eigenvalue weighted by molar-refractivity contribution is 5.48. The Morgan fingerprint density at radius 2 is 1.55 bits per heavy atom. The molecule has 0 fully saturated rings. The summed E-state index contributed by atoms with van der Waals surface area (Å²) >= 11 is 0. The van der Waals surface area contributed by atoms with Gasteiger partial charge in [-0.05, 0) is 41.8 Å². The van der Waals surface area contributed by atoms with E-state index in [1.807, 2.05) is 37.3 Å². The largest absolute Gasteiger partial charge is 0.359 e. The predicted molar refractivity (Wildman–Crippen MR) is 87.3 cm³/mol. The maximum absolute atomic E-state index is 13.2. The normalized spacial score (nSPS) is 11.9. The standard InChI is InChI=1S/C19H17FN2/c1-14-6-5-13-21-19(14)22-18(15-7-3-2-4-8-15)16-9-11-17(20)12-10-16/h2-13,18H,1H3,(H,21,22). The van der Waals surface area contributed by atoms with Crippen molar-refractivity contribution in [1.29, 1.82) is 0 Å². The molecule has 0 saturated carbocycles. The summed E-state index contributed by atoms with van der Waals surface area (Å²) in [5, 5.41) is 3.47. The van der Waals surface area contributed by atoms with Crippen molar-refractivity contribution in [3.63, 3.8) is 0 Å². The third kappa shape index (κ3) is 3.14. The number of anilines is 1. The number of hydrogen-bond donors (Lipinski definition) is 1. The molecule has 1 aromatic heterocycles. The average molecular weight is 292 g/mol. The van der Waals surface area contributed by atoms with Crippen LogP contribution < -0.4 is 5.32 Å². The molecule has 0 aliphatic heterocycles. The van der Waals surface area contributed by atoms with E-state index in [0.29, 0.717) is 0 Å². The van der Waals surface area contributed by atoms with Crippen molar-refractivity contribution < 1.29 is 4.39 Å². The van der Waals surface area contributed by atoms with Gasteiger partial charge in [0.15, 0.2) is 0 Å². The van der Waals surface area contributed by atoms with Gasteiger partial charge in [0, 0.05) is 6.20 Å². The molecular weight excluding hydrogens is 275 g/mol. The molecule has 2 nitrogen and oxygen atoms in total. The van der Waals surface area contributed by atoms with E-state index in [4.69, 9.17) is 0 Å². The smallest absolute Gasteiger partial charge is 0.129 e. The van der Waals surface area contributed by atoms with Crippen LogP contribution in [0.3, 0.4) is 0 Å². The molecule has 110 valence electrons. The number of nitrogens with one attached hydrogen (secondary N) is 1. The van der Waals surface area contributed by atoms with E-state index in [9.17, 15) is 4.39 Å².